The summed E-state index contributed by atoms with van der Waals surface area (Å²) in [5.74, 6) is -0.832. The Morgan fingerprint density at radius 3 is 2.77 bits per heavy atom. The van der Waals surface area contributed by atoms with Crippen LogP contribution >= 0.6 is 0 Å². The van der Waals surface area contributed by atoms with Crippen LogP contribution in [0.5, 0.6) is 5.75 Å². The molecule has 1 aromatic heterocycles. The molecule has 2 heterocycles. The Morgan fingerprint density at radius 2 is 2.12 bits per heavy atom. The molecule has 3 rings (SSSR count). The fraction of sp³-hybridized carbons (Fsp3) is 0.421. The number of benzene rings is 1. The molecule has 2 atom stereocenters. The summed E-state index contributed by atoms with van der Waals surface area (Å²) < 4.78 is 7.45. The van der Waals surface area contributed by atoms with E-state index < -0.39 is 17.9 Å². The van der Waals surface area contributed by atoms with Gasteiger partial charge >= 0.3 is 5.97 Å². The lowest BCUT2D eigenvalue weighted by Gasteiger charge is -2.39. The molecule has 1 aromatic carbocycles. The summed E-state index contributed by atoms with van der Waals surface area (Å²) in [6, 6.07) is 8.90. The second-order valence-electron chi connectivity index (χ2n) is 6.51. The van der Waals surface area contributed by atoms with Gasteiger partial charge < -0.3 is 14.7 Å². The van der Waals surface area contributed by atoms with E-state index in [2.05, 4.69) is 5.10 Å². The molecule has 1 aliphatic heterocycles. The predicted octanol–water partition coefficient (Wildman–Crippen LogP) is 2.17. The molecule has 0 unspecified atom stereocenters. The first kappa shape index (κ1) is 18.0. The Morgan fingerprint density at radius 1 is 1.35 bits per heavy atom. The van der Waals surface area contributed by atoms with Crippen LogP contribution in [0.15, 0.2) is 36.5 Å². The molecule has 0 saturated carbocycles. The van der Waals surface area contributed by atoms with Crippen molar-refractivity contribution >= 4 is 11.9 Å². The molecule has 7 nitrogen and oxygen atoms in total. The number of likely N-dealkylation sites (tertiary alicyclic amines) is 1. The van der Waals surface area contributed by atoms with Crippen LogP contribution < -0.4 is 4.74 Å². The van der Waals surface area contributed by atoms with Gasteiger partial charge in [0.2, 0.25) is 5.91 Å². The summed E-state index contributed by atoms with van der Waals surface area (Å²) in [6.45, 7) is 2.59. The molecular formula is C19H23N3O4. The molecule has 1 fully saturated rings. The highest BCUT2D eigenvalue weighted by Crippen LogP contribution is 2.36. The number of nitrogens with zero attached hydrogens (tertiary/aromatic N) is 3. The SMILES string of the molecule is Cc1ccccc1OCCN1C(=O)CC[C@H](C(=O)O)[C@H]1c1ccnn1C. The van der Waals surface area contributed by atoms with Gasteiger partial charge in [0.05, 0.1) is 24.2 Å². The van der Waals surface area contributed by atoms with Gasteiger partial charge in [-0.15, -0.1) is 0 Å². The third-order valence-electron chi connectivity index (χ3n) is 4.87. The Bertz CT molecular complexity index is 802. The molecule has 1 amide bonds. The number of carboxylic acids is 1. The van der Waals surface area contributed by atoms with Crippen LogP contribution in [0.3, 0.4) is 0 Å². The van der Waals surface area contributed by atoms with Gasteiger partial charge in [-0.1, -0.05) is 18.2 Å². The Balaban J connectivity index is 1.79. The van der Waals surface area contributed by atoms with E-state index in [9.17, 15) is 14.7 Å². The zero-order chi connectivity index (χ0) is 18.7. The topological polar surface area (TPSA) is 84.7 Å². The lowest BCUT2D eigenvalue weighted by atomic mass is 9.86. The average Bonchev–Trinajstić information content (AvgIpc) is 3.03. The second-order valence-corrected chi connectivity index (χ2v) is 6.51. The number of rotatable bonds is 6. The number of carbonyl (C=O) groups is 2. The molecule has 0 aliphatic carbocycles. The predicted molar refractivity (Wildman–Crippen MR) is 94.7 cm³/mol. The molecule has 7 heteroatoms. The number of aryl methyl sites for hydroxylation is 2. The van der Waals surface area contributed by atoms with Crippen molar-refractivity contribution in [3.05, 3.63) is 47.8 Å². The van der Waals surface area contributed by atoms with Crippen LogP contribution in [0.4, 0.5) is 0 Å². The normalized spacial score (nSPS) is 20.2. The van der Waals surface area contributed by atoms with Crippen LogP contribution in [0, 0.1) is 12.8 Å². The first-order chi connectivity index (χ1) is 12.5. The average molecular weight is 357 g/mol. The molecule has 0 bridgehead atoms. The second kappa shape index (κ2) is 7.59. The van der Waals surface area contributed by atoms with Crippen molar-refractivity contribution in [2.24, 2.45) is 13.0 Å². The summed E-state index contributed by atoms with van der Waals surface area (Å²) in [6.07, 6.45) is 2.18. The number of amides is 1. The number of piperidine rings is 1. The van der Waals surface area contributed by atoms with E-state index in [0.29, 0.717) is 19.6 Å². The highest BCUT2D eigenvalue weighted by atomic mass is 16.5. The molecule has 138 valence electrons. The fourth-order valence-corrected chi connectivity index (χ4v) is 3.49. The third-order valence-corrected chi connectivity index (χ3v) is 4.87. The van der Waals surface area contributed by atoms with E-state index in [-0.39, 0.29) is 12.3 Å². The summed E-state index contributed by atoms with van der Waals surface area (Å²) in [4.78, 5) is 25.9. The van der Waals surface area contributed by atoms with Gasteiger partial charge in [-0.05, 0) is 31.0 Å². The van der Waals surface area contributed by atoms with Gasteiger partial charge in [0.1, 0.15) is 12.4 Å². The van der Waals surface area contributed by atoms with Crippen molar-refractivity contribution in [2.45, 2.75) is 25.8 Å². The highest BCUT2D eigenvalue weighted by Gasteiger charge is 2.41. The van der Waals surface area contributed by atoms with Crippen LogP contribution in [0.25, 0.3) is 0 Å². The maximum Gasteiger partial charge on any atom is 0.309 e. The summed E-state index contributed by atoms with van der Waals surface area (Å²) >= 11 is 0. The lowest BCUT2D eigenvalue weighted by Crippen LogP contribution is -2.47. The van der Waals surface area contributed by atoms with Gasteiger partial charge in [0.15, 0.2) is 0 Å². The molecule has 2 aromatic rings. The number of aliphatic carboxylic acids is 1. The molecule has 1 aliphatic rings. The van der Waals surface area contributed by atoms with Crippen LogP contribution in [0.2, 0.25) is 0 Å². The monoisotopic (exact) mass is 357 g/mol. The van der Waals surface area contributed by atoms with Crippen LogP contribution in [-0.2, 0) is 16.6 Å². The van der Waals surface area contributed by atoms with Crippen molar-refractivity contribution in [1.82, 2.24) is 14.7 Å². The van der Waals surface area contributed by atoms with Crippen LogP contribution in [-0.4, -0.2) is 44.8 Å². The number of carbonyl (C=O) groups excluding carboxylic acids is 1. The summed E-state index contributed by atoms with van der Waals surface area (Å²) in [5, 5.41) is 13.8. The number of ether oxygens (including phenoxy) is 1. The van der Waals surface area contributed by atoms with E-state index in [1.165, 1.54) is 0 Å². The van der Waals surface area contributed by atoms with E-state index in [4.69, 9.17) is 4.74 Å². The van der Waals surface area contributed by atoms with Gasteiger partial charge in [0, 0.05) is 19.7 Å². The van der Waals surface area contributed by atoms with Gasteiger partial charge in [-0.25, -0.2) is 0 Å². The maximum absolute atomic E-state index is 12.5. The van der Waals surface area contributed by atoms with E-state index in [1.54, 1.807) is 28.9 Å². The number of para-hydroxylation sites is 1. The molecule has 0 spiro atoms. The molecular weight excluding hydrogens is 334 g/mol. The maximum atomic E-state index is 12.5. The number of carboxylic acid groups (broad SMARTS) is 1. The summed E-state index contributed by atoms with van der Waals surface area (Å²) in [5.41, 5.74) is 1.74. The van der Waals surface area contributed by atoms with Crippen molar-refractivity contribution in [2.75, 3.05) is 13.2 Å². The van der Waals surface area contributed by atoms with Gasteiger partial charge in [-0.3, -0.25) is 14.3 Å². The minimum Gasteiger partial charge on any atom is -0.491 e. The minimum absolute atomic E-state index is 0.0536. The molecule has 26 heavy (non-hydrogen) atoms. The first-order valence-corrected chi connectivity index (χ1v) is 8.67. The van der Waals surface area contributed by atoms with Crippen molar-refractivity contribution in [1.29, 1.82) is 0 Å². The van der Waals surface area contributed by atoms with Gasteiger partial charge in [0.25, 0.3) is 0 Å². The smallest absolute Gasteiger partial charge is 0.309 e. The lowest BCUT2D eigenvalue weighted by molar-refractivity contribution is -0.152. The number of aromatic nitrogens is 2. The van der Waals surface area contributed by atoms with Gasteiger partial charge in [-0.2, -0.15) is 5.10 Å². The minimum atomic E-state index is -0.895. The van der Waals surface area contributed by atoms with E-state index in [0.717, 1.165) is 17.0 Å². The standard InChI is InChI=1S/C19H23N3O4/c1-13-5-3-4-6-16(13)26-12-11-22-17(23)8-7-14(19(24)25)18(22)15-9-10-20-21(15)2/h3-6,9-10,14,18H,7-8,11-12H2,1-2H3,(H,24,25)/t14-,18-/m0/s1. The molecule has 0 radical (unpaired) electrons. The number of hydrogen-bond donors (Lipinski definition) is 1. The van der Waals surface area contributed by atoms with Crippen molar-refractivity contribution in [3.8, 4) is 5.75 Å². The third kappa shape index (κ3) is 3.56. The Kier molecular flexibility index (Phi) is 5.25. The van der Waals surface area contributed by atoms with Crippen LogP contribution in [0.1, 0.15) is 30.1 Å². The summed E-state index contributed by atoms with van der Waals surface area (Å²) in [7, 11) is 1.76. The Labute approximate surface area is 152 Å². The Hall–Kier alpha value is -2.83. The molecule has 1 saturated heterocycles. The van der Waals surface area contributed by atoms with E-state index >= 15 is 0 Å². The van der Waals surface area contributed by atoms with Crippen molar-refractivity contribution in [3.63, 3.8) is 0 Å². The zero-order valence-corrected chi connectivity index (χ0v) is 15.0. The number of hydrogen-bond acceptors (Lipinski definition) is 4. The molecule has 1 N–H and O–H groups in total. The van der Waals surface area contributed by atoms with E-state index in [1.807, 2.05) is 31.2 Å². The highest BCUT2D eigenvalue weighted by molar-refractivity contribution is 5.81. The zero-order valence-electron chi connectivity index (χ0n) is 15.0. The quantitative estimate of drug-likeness (QED) is 0.856. The fourth-order valence-electron chi connectivity index (χ4n) is 3.49. The first-order valence-electron chi connectivity index (χ1n) is 8.67. The van der Waals surface area contributed by atoms with Crippen molar-refractivity contribution < 1.29 is 19.4 Å². The largest absolute Gasteiger partial charge is 0.491 e.